The second kappa shape index (κ2) is 3.24. The van der Waals surface area contributed by atoms with Crippen LogP contribution in [0.15, 0.2) is 24.3 Å². The molecule has 1 atom stereocenters. The number of piperazine rings is 1. The fraction of sp³-hybridized carbons (Fsp3) is 0.364. The third kappa shape index (κ3) is 1.29. The predicted octanol–water partition coefficient (Wildman–Crippen LogP) is 0.417. The Hall–Kier alpha value is -1.55. The number of hydrogen-bond acceptors (Lipinski definition) is 3. The Balaban J connectivity index is 2.06. The molecule has 0 aromatic heterocycles. The molecule has 1 saturated heterocycles. The highest BCUT2D eigenvalue weighted by atomic mass is 16.2. The summed E-state index contributed by atoms with van der Waals surface area (Å²) in [7, 11) is 0. The van der Waals surface area contributed by atoms with E-state index in [0.717, 1.165) is 31.0 Å². The number of benzene rings is 1. The number of anilines is 2. The maximum Gasteiger partial charge on any atom is 0.248 e. The highest BCUT2D eigenvalue weighted by Crippen LogP contribution is 2.31. The van der Waals surface area contributed by atoms with E-state index < -0.39 is 0 Å². The fourth-order valence-electron chi connectivity index (χ4n) is 2.27. The van der Waals surface area contributed by atoms with Crippen LogP contribution in [0.1, 0.15) is 0 Å². The minimum atomic E-state index is -0.0475. The quantitative estimate of drug-likeness (QED) is 0.642. The Labute approximate surface area is 88.3 Å². The zero-order valence-corrected chi connectivity index (χ0v) is 8.36. The molecule has 4 nitrogen and oxygen atoms in total. The van der Waals surface area contributed by atoms with Gasteiger partial charge in [-0.3, -0.25) is 4.79 Å². The molecule has 4 heteroatoms. The minimum Gasteiger partial charge on any atom is -0.356 e. The first-order valence-electron chi connectivity index (χ1n) is 5.23. The summed E-state index contributed by atoms with van der Waals surface area (Å²) >= 11 is 0. The van der Waals surface area contributed by atoms with Crippen LogP contribution in [0, 0.1) is 0 Å². The largest absolute Gasteiger partial charge is 0.356 e. The topological polar surface area (TPSA) is 44.4 Å². The summed E-state index contributed by atoms with van der Waals surface area (Å²) in [6, 6.07) is 7.92. The van der Waals surface area contributed by atoms with E-state index in [2.05, 4.69) is 21.6 Å². The summed E-state index contributed by atoms with van der Waals surface area (Å²) in [4.78, 5) is 14.0. The fourth-order valence-corrected chi connectivity index (χ4v) is 2.27. The van der Waals surface area contributed by atoms with Crippen molar-refractivity contribution < 1.29 is 4.79 Å². The number of fused-ring (bicyclic) bond motifs is 3. The number of amides is 1. The van der Waals surface area contributed by atoms with Crippen molar-refractivity contribution in [2.24, 2.45) is 0 Å². The molecular formula is C11H13N3O. The van der Waals surface area contributed by atoms with E-state index in [1.165, 1.54) is 0 Å². The van der Waals surface area contributed by atoms with Crippen molar-refractivity contribution in [1.29, 1.82) is 0 Å². The van der Waals surface area contributed by atoms with Gasteiger partial charge in [-0.2, -0.15) is 0 Å². The molecule has 1 amide bonds. The monoisotopic (exact) mass is 203 g/mol. The third-order valence-corrected chi connectivity index (χ3v) is 3.02. The van der Waals surface area contributed by atoms with Crippen LogP contribution in [0.25, 0.3) is 0 Å². The van der Waals surface area contributed by atoms with Gasteiger partial charge in [0.25, 0.3) is 0 Å². The molecule has 0 bridgehead atoms. The standard InChI is InChI=1S/C11H13N3O/c15-11-10-7-12-5-6-14(10)9-4-2-1-3-8(9)13-11/h1-4,10,12H,5-7H2,(H,13,15)/t10-/m0/s1. The molecule has 1 aromatic rings. The molecule has 2 heterocycles. The molecule has 0 saturated carbocycles. The van der Waals surface area contributed by atoms with Crippen LogP contribution in [0.5, 0.6) is 0 Å². The molecule has 1 aromatic carbocycles. The lowest BCUT2D eigenvalue weighted by Crippen LogP contribution is -2.58. The zero-order chi connectivity index (χ0) is 10.3. The van der Waals surface area contributed by atoms with Crippen molar-refractivity contribution in [3.8, 4) is 0 Å². The number of carbonyl (C=O) groups is 1. The first kappa shape index (κ1) is 8.73. The van der Waals surface area contributed by atoms with E-state index in [9.17, 15) is 4.79 Å². The first-order valence-corrected chi connectivity index (χ1v) is 5.23. The molecule has 2 aliphatic rings. The molecule has 2 aliphatic heterocycles. The predicted molar refractivity (Wildman–Crippen MR) is 59.1 cm³/mol. The van der Waals surface area contributed by atoms with Crippen molar-refractivity contribution in [3.63, 3.8) is 0 Å². The second-order valence-corrected chi connectivity index (χ2v) is 3.92. The van der Waals surface area contributed by atoms with Gasteiger partial charge in [0.2, 0.25) is 5.91 Å². The molecular weight excluding hydrogens is 190 g/mol. The van der Waals surface area contributed by atoms with Gasteiger partial charge in [0, 0.05) is 19.6 Å². The number of para-hydroxylation sites is 2. The van der Waals surface area contributed by atoms with E-state index in [1.54, 1.807) is 0 Å². The molecule has 1 fully saturated rings. The summed E-state index contributed by atoms with van der Waals surface area (Å²) < 4.78 is 0. The average molecular weight is 203 g/mol. The van der Waals surface area contributed by atoms with Crippen molar-refractivity contribution in [2.75, 3.05) is 29.9 Å². The smallest absolute Gasteiger partial charge is 0.248 e. The third-order valence-electron chi connectivity index (χ3n) is 3.02. The number of nitrogens with one attached hydrogen (secondary N) is 2. The van der Waals surface area contributed by atoms with Crippen molar-refractivity contribution in [3.05, 3.63) is 24.3 Å². The summed E-state index contributed by atoms with van der Waals surface area (Å²) in [5, 5.41) is 6.18. The van der Waals surface area contributed by atoms with E-state index in [-0.39, 0.29) is 11.9 Å². The van der Waals surface area contributed by atoms with Gasteiger partial charge >= 0.3 is 0 Å². The maximum absolute atomic E-state index is 11.8. The molecule has 0 radical (unpaired) electrons. The lowest BCUT2D eigenvalue weighted by Gasteiger charge is -2.41. The van der Waals surface area contributed by atoms with Crippen LogP contribution < -0.4 is 15.5 Å². The summed E-state index contributed by atoms with van der Waals surface area (Å²) in [5.74, 6) is 0.0981. The maximum atomic E-state index is 11.8. The highest BCUT2D eigenvalue weighted by Gasteiger charge is 2.33. The van der Waals surface area contributed by atoms with E-state index in [0.29, 0.717) is 0 Å². The molecule has 15 heavy (non-hydrogen) atoms. The van der Waals surface area contributed by atoms with Gasteiger partial charge in [0.1, 0.15) is 6.04 Å². The lowest BCUT2D eigenvalue weighted by atomic mass is 10.1. The Morgan fingerprint density at radius 2 is 2.20 bits per heavy atom. The van der Waals surface area contributed by atoms with Gasteiger partial charge in [0.15, 0.2) is 0 Å². The Morgan fingerprint density at radius 3 is 3.13 bits per heavy atom. The van der Waals surface area contributed by atoms with E-state index in [1.807, 2.05) is 18.2 Å². The molecule has 3 rings (SSSR count). The molecule has 0 unspecified atom stereocenters. The van der Waals surface area contributed by atoms with Crippen LogP contribution in [0.3, 0.4) is 0 Å². The van der Waals surface area contributed by atoms with Crippen LogP contribution in [-0.4, -0.2) is 31.6 Å². The Bertz CT molecular complexity index is 405. The molecule has 2 N–H and O–H groups in total. The van der Waals surface area contributed by atoms with Crippen molar-refractivity contribution >= 4 is 17.3 Å². The number of rotatable bonds is 0. The number of hydrogen-bond donors (Lipinski definition) is 2. The van der Waals surface area contributed by atoms with Crippen molar-refractivity contribution in [2.45, 2.75) is 6.04 Å². The van der Waals surface area contributed by atoms with Crippen LogP contribution in [-0.2, 0) is 4.79 Å². The Morgan fingerprint density at radius 1 is 1.33 bits per heavy atom. The number of carbonyl (C=O) groups excluding carboxylic acids is 1. The van der Waals surface area contributed by atoms with Crippen molar-refractivity contribution in [1.82, 2.24) is 5.32 Å². The van der Waals surface area contributed by atoms with Gasteiger partial charge in [-0.1, -0.05) is 12.1 Å². The normalized spacial score (nSPS) is 24.1. The first-order chi connectivity index (χ1) is 7.36. The van der Waals surface area contributed by atoms with Crippen LogP contribution in [0.2, 0.25) is 0 Å². The van der Waals surface area contributed by atoms with Crippen LogP contribution in [0.4, 0.5) is 11.4 Å². The van der Waals surface area contributed by atoms with Gasteiger partial charge < -0.3 is 15.5 Å². The van der Waals surface area contributed by atoms with Gasteiger partial charge in [-0.15, -0.1) is 0 Å². The van der Waals surface area contributed by atoms with Gasteiger partial charge in [-0.05, 0) is 12.1 Å². The average Bonchev–Trinajstić information content (AvgIpc) is 2.30. The van der Waals surface area contributed by atoms with E-state index in [4.69, 9.17) is 0 Å². The molecule has 78 valence electrons. The van der Waals surface area contributed by atoms with Gasteiger partial charge in [0.05, 0.1) is 11.4 Å². The lowest BCUT2D eigenvalue weighted by molar-refractivity contribution is -0.117. The van der Waals surface area contributed by atoms with Gasteiger partial charge in [-0.25, -0.2) is 0 Å². The van der Waals surface area contributed by atoms with Crippen LogP contribution >= 0.6 is 0 Å². The van der Waals surface area contributed by atoms with E-state index >= 15 is 0 Å². The summed E-state index contributed by atoms with van der Waals surface area (Å²) in [6.45, 7) is 2.58. The summed E-state index contributed by atoms with van der Waals surface area (Å²) in [6.07, 6.45) is 0. The number of nitrogens with zero attached hydrogens (tertiary/aromatic N) is 1. The second-order valence-electron chi connectivity index (χ2n) is 3.92. The molecule has 0 spiro atoms. The zero-order valence-electron chi connectivity index (χ0n) is 8.36. The SMILES string of the molecule is O=C1Nc2ccccc2N2CCNC[C@@H]12. The minimum absolute atomic E-state index is 0.0475. The highest BCUT2D eigenvalue weighted by molar-refractivity contribution is 6.03. The Kier molecular flexibility index (Phi) is 1.89. The summed E-state index contributed by atoms with van der Waals surface area (Å²) in [5.41, 5.74) is 2.07. The molecule has 0 aliphatic carbocycles.